The molecule has 0 spiro atoms. The predicted molar refractivity (Wildman–Crippen MR) is 146 cm³/mol. The third kappa shape index (κ3) is 6.42. The Morgan fingerprint density at radius 2 is 1.28 bits per heavy atom. The fourth-order valence-corrected chi connectivity index (χ4v) is 4.31. The molecule has 0 aliphatic carbocycles. The maximum atomic E-state index is 13.3. The van der Waals surface area contributed by atoms with Gasteiger partial charge in [0.15, 0.2) is 0 Å². The highest BCUT2D eigenvalue weighted by Gasteiger charge is 2.29. The summed E-state index contributed by atoms with van der Waals surface area (Å²) in [4.78, 5) is 41.8. The molecule has 0 bridgehead atoms. The molecule has 0 radical (unpaired) electrons. The van der Waals surface area contributed by atoms with Crippen molar-refractivity contribution in [3.05, 3.63) is 70.3 Å². The second-order valence-corrected chi connectivity index (χ2v) is 8.43. The lowest BCUT2D eigenvalue weighted by atomic mass is 9.91. The number of ketones is 1. The van der Waals surface area contributed by atoms with Gasteiger partial charge in [0.1, 0.15) is 11.1 Å². The van der Waals surface area contributed by atoms with Crippen LogP contribution in [-0.4, -0.2) is 54.1 Å². The fraction of sp³-hybridized carbons (Fsp3) is 0.345. The summed E-state index contributed by atoms with van der Waals surface area (Å²) >= 11 is 0. The number of allylic oxidation sites excluding steroid dienone is 1. The van der Waals surface area contributed by atoms with Crippen molar-refractivity contribution in [3.63, 3.8) is 0 Å². The van der Waals surface area contributed by atoms with Crippen molar-refractivity contribution >= 4 is 40.7 Å². The molecule has 7 nitrogen and oxygen atoms in total. The Balaban J connectivity index is 2.54. The van der Waals surface area contributed by atoms with Gasteiger partial charge in [-0.2, -0.15) is 0 Å². The van der Waals surface area contributed by atoms with Gasteiger partial charge in [-0.15, -0.1) is 0 Å². The highest BCUT2D eigenvalue weighted by atomic mass is 16.4. The van der Waals surface area contributed by atoms with E-state index in [1.807, 2.05) is 45.0 Å². The monoisotopic (exact) mass is 492 g/mol. The largest absolute Gasteiger partial charge is 0.478 e. The van der Waals surface area contributed by atoms with Crippen LogP contribution in [-0.2, 0) is 14.4 Å². The van der Waals surface area contributed by atoms with Gasteiger partial charge < -0.3 is 20.0 Å². The molecule has 0 unspecified atom stereocenters. The number of aryl methyl sites for hydroxylation is 1. The van der Waals surface area contributed by atoms with Gasteiger partial charge in [0, 0.05) is 37.6 Å². The Bertz CT molecular complexity index is 1170. The minimum absolute atomic E-state index is 0.222. The van der Waals surface area contributed by atoms with Crippen LogP contribution in [0.3, 0.4) is 0 Å². The molecule has 192 valence electrons. The molecular formula is C29H36N2O5. The van der Waals surface area contributed by atoms with Crippen molar-refractivity contribution in [3.8, 4) is 0 Å². The molecule has 0 aliphatic heterocycles. The normalized spacial score (nSPS) is 12.1. The zero-order valence-corrected chi connectivity index (χ0v) is 22.0. The average Bonchev–Trinajstić information content (AvgIpc) is 2.84. The van der Waals surface area contributed by atoms with Crippen LogP contribution in [0.15, 0.2) is 53.6 Å². The molecule has 0 heterocycles. The van der Waals surface area contributed by atoms with Crippen LogP contribution in [0.1, 0.15) is 51.3 Å². The van der Waals surface area contributed by atoms with Gasteiger partial charge in [0.2, 0.25) is 5.78 Å². The quantitative estimate of drug-likeness (QED) is 0.236. The molecule has 2 rings (SSSR count). The van der Waals surface area contributed by atoms with Crippen molar-refractivity contribution in [1.82, 2.24) is 0 Å². The van der Waals surface area contributed by atoms with Gasteiger partial charge in [0.25, 0.3) is 0 Å². The summed E-state index contributed by atoms with van der Waals surface area (Å²) in [7, 11) is 0. The van der Waals surface area contributed by atoms with Crippen molar-refractivity contribution < 1.29 is 24.6 Å². The Kier molecular flexibility index (Phi) is 10.0. The second kappa shape index (κ2) is 12.7. The predicted octanol–water partition coefficient (Wildman–Crippen LogP) is 5.28. The number of carboxylic acid groups (broad SMARTS) is 2. The maximum Gasteiger partial charge on any atom is 0.340 e. The standard InChI is InChI=1S/C29H36N2O5/c1-7-30(8-2)22-13-11-21(12-14-22)18-25(28(33)34)27(32)26(29(35)36)20(6)24-16-15-23(17-19(24)5)31(9-3)10-4/h11-18H,7-10H2,1-6H3,(H,33,34)(H,35,36). The third-order valence-corrected chi connectivity index (χ3v) is 6.37. The highest BCUT2D eigenvalue weighted by Crippen LogP contribution is 2.28. The minimum atomic E-state index is -1.48. The molecular weight excluding hydrogens is 456 g/mol. The molecule has 0 saturated heterocycles. The number of carbonyl (C=O) groups is 3. The zero-order valence-electron chi connectivity index (χ0n) is 22.0. The second-order valence-electron chi connectivity index (χ2n) is 8.43. The van der Waals surface area contributed by atoms with E-state index in [4.69, 9.17) is 0 Å². The van der Waals surface area contributed by atoms with Crippen LogP contribution < -0.4 is 9.80 Å². The first-order chi connectivity index (χ1) is 17.1. The summed E-state index contributed by atoms with van der Waals surface area (Å²) < 4.78 is 0. The minimum Gasteiger partial charge on any atom is -0.478 e. The SMILES string of the molecule is CCN(CC)c1ccc(C=C(C(=O)O)C(=O)C(C(=O)O)=C(C)c2ccc(N(CC)CC)cc2C)cc1. The van der Waals surface area contributed by atoms with E-state index in [0.717, 1.165) is 43.1 Å². The highest BCUT2D eigenvalue weighted by molar-refractivity contribution is 6.36. The smallest absolute Gasteiger partial charge is 0.340 e. The van der Waals surface area contributed by atoms with E-state index in [9.17, 15) is 24.6 Å². The molecule has 0 saturated carbocycles. The number of nitrogens with zero attached hydrogens (tertiary/aromatic N) is 2. The van der Waals surface area contributed by atoms with Crippen LogP contribution in [0.5, 0.6) is 0 Å². The van der Waals surface area contributed by atoms with E-state index in [1.54, 1.807) is 25.1 Å². The average molecular weight is 493 g/mol. The number of carboxylic acids is 2. The van der Waals surface area contributed by atoms with Crippen molar-refractivity contribution in [1.29, 1.82) is 0 Å². The van der Waals surface area contributed by atoms with Crippen LogP contribution in [0, 0.1) is 6.92 Å². The Hall–Kier alpha value is -3.87. The molecule has 2 aromatic rings. The van der Waals surface area contributed by atoms with E-state index in [0.29, 0.717) is 11.1 Å². The van der Waals surface area contributed by atoms with Gasteiger partial charge in [-0.3, -0.25) is 4.79 Å². The first kappa shape index (κ1) is 28.4. The lowest BCUT2D eigenvalue weighted by Crippen LogP contribution is -2.22. The van der Waals surface area contributed by atoms with Gasteiger partial charge >= 0.3 is 11.9 Å². The van der Waals surface area contributed by atoms with E-state index in [1.165, 1.54) is 6.08 Å². The summed E-state index contributed by atoms with van der Waals surface area (Å²) in [6.07, 6.45) is 1.23. The summed E-state index contributed by atoms with van der Waals surface area (Å²) in [5.74, 6) is -3.98. The van der Waals surface area contributed by atoms with E-state index < -0.39 is 28.9 Å². The number of aliphatic carboxylic acids is 2. The van der Waals surface area contributed by atoms with E-state index in [-0.39, 0.29) is 5.57 Å². The summed E-state index contributed by atoms with van der Waals surface area (Å²) in [6.45, 7) is 14.9. The molecule has 36 heavy (non-hydrogen) atoms. The lowest BCUT2D eigenvalue weighted by molar-refractivity contribution is -0.135. The Morgan fingerprint density at radius 1 is 0.778 bits per heavy atom. The van der Waals surface area contributed by atoms with Gasteiger partial charge in [0.05, 0.1) is 0 Å². The molecule has 0 atom stereocenters. The topological polar surface area (TPSA) is 98.2 Å². The number of rotatable bonds is 12. The number of hydrogen-bond donors (Lipinski definition) is 2. The van der Waals surface area contributed by atoms with Gasteiger partial charge in [-0.25, -0.2) is 9.59 Å². The molecule has 2 aromatic carbocycles. The van der Waals surface area contributed by atoms with Gasteiger partial charge in [-0.05, 0) is 94.1 Å². The number of benzene rings is 2. The Labute approximate surface area is 213 Å². The fourth-order valence-electron chi connectivity index (χ4n) is 4.31. The summed E-state index contributed by atoms with van der Waals surface area (Å²) in [5.41, 5.74) is 2.93. The van der Waals surface area contributed by atoms with Crippen LogP contribution in [0.2, 0.25) is 0 Å². The van der Waals surface area contributed by atoms with Crippen molar-refractivity contribution in [2.24, 2.45) is 0 Å². The molecule has 0 fully saturated rings. The zero-order chi connectivity index (χ0) is 27.0. The van der Waals surface area contributed by atoms with Crippen LogP contribution in [0.4, 0.5) is 11.4 Å². The summed E-state index contributed by atoms with van der Waals surface area (Å²) in [5, 5.41) is 19.7. The lowest BCUT2D eigenvalue weighted by Gasteiger charge is -2.22. The maximum absolute atomic E-state index is 13.3. The number of hydrogen-bond acceptors (Lipinski definition) is 5. The molecule has 0 amide bonds. The number of anilines is 2. The van der Waals surface area contributed by atoms with E-state index >= 15 is 0 Å². The van der Waals surface area contributed by atoms with Crippen LogP contribution >= 0.6 is 0 Å². The van der Waals surface area contributed by atoms with Crippen molar-refractivity contribution in [2.75, 3.05) is 36.0 Å². The van der Waals surface area contributed by atoms with Crippen LogP contribution in [0.25, 0.3) is 11.6 Å². The van der Waals surface area contributed by atoms with Gasteiger partial charge in [-0.1, -0.05) is 18.2 Å². The molecule has 0 aromatic heterocycles. The molecule has 0 aliphatic rings. The molecule has 7 heteroatoms. The first-order valence-corrected chi connectivity index (χ1v) is 12.2. The van der Waals surface area contributed by atoms with E-state index in [2.05, 4.69) is 23.6 Å². The third-order valence-electron chi connectivity index (χ3n) is 6.37. The first-order valence-electron chi connectivity index (χ1n) is 12.2. The molecule has 2 N–H and O–H groups in total. The van der Waals surface area contributed by atoms with Crippen molar-refractivity contribution in [2.45, 2.75) is 41.5 Å². The Morgan fingerprint density at radius 3 is 1.72 bits per heavy atom. The summed E-state index contributed by atoms with van der Waals surface area (Å²) in [6, 6.07) is 12.7. The number of Topliss-reactive ketones (excluding diaryl/α,β-unsaturated/α-hetero) is 1. The number of carbonyl (C=O) groups excluding carboxylic acids is 1.